The third-order valence-corrected chi connectivity index (χ3v) is 4.76. The number of anilines is 1. The SMILES string of the molecule is COc1cccc(N2CC(C(=O)Nn3cnc4ccccc4c3=O)CC2=O)c1. The first kappa shape index (κ1) is 17.7. The van der Waals surface area contributed by atoms with Crippen molar-refractivity contribution in [2.24, 2.45) is 5.92 Å². The Hall–Kier alpha value is -3.68. The molecule has 1 fully saturated rings. The summed E-state index contributed by atoms with van der Waals surface area (Å²) in [6, 6.07) is 14.0. The Balaban J connectivity index is 1.52. The van der Waals surface area contributed by atoms with E-state index in [-0.39, 0.29) is 24.4 Å². The lowest BCUT2D eigenvalue weighted by Gasteiger charge is -2.17. The molecule has 2 amide bonds. The molecule has 1 unspecified atom stereocenters. The summed E-state index contributed by atoms with van der Waals surface area (Å²) in [7, 11) is 1.55. The van der Waals surface area contributed by atoms with Crippen LogP contribution in [-0.4, -0.2) is 35.1 Å². The lowest BCUT2D eigenvalue weighted by molar-refractivity contribution is -0.123. The summed E-state index contributed by atoms with van der Waals surface area (Å²) in [6.07, 6.45) is 1.35. The number of ether oxygens (including phenoxy) is 1. The molecule has 1 aromatic heterocycles. The summed E-state index contributed by atoms with van der Waals surface area (Å²) in [4.78, 5) is 43.3. The van der Waals surface area contributed by atoms with Crippen LogP contribution in [0.4, 0.5) is 5.69 Å². The van der Waals surface area contributed by atoms with E-state index in [4.69, 9.17) is 4.74 Å². The lowest BCUT2D eigenvalue weighted by Crippen LogP contribution is -2.37. The molecule has 8 nitrogen and oxygen atoms in total. The minimum absolute atomic E-state index is 0.0683. The maximum Gasteiger partial charge on any atom is 0.280 e. The molecule has 2 heterocycles. The van der Waals surface area contributed by atoms with Gasteiger partial charge in [0.1, 0.15) is 12.1 Å². The zero-order valence-corrected chi connectivity index (χ0v) is 15.2. The minimum Gasteiger partial charge on any atom is -0.497 e. The molecule has 1 atom stereocenters. The first-order valence-electron chi connectivity index (χ1n) is 8.78. The molecule has 1 saturated heterocycles. The number of fused-ring (bicyclic) bond motifs is 1. The quantitative estimate of drug-likeness (QED) is 0.743. The molecule has 0 saturated carbocycles. The van der Waals surface area contributed by atoms with Gasteiger partial charge in [0.25, 0.3) is 5.56 Å². The Morgan fingerprint density at radius 1 is 1.18 bits per heavy atom. The highest BCUT2D eigenvalue weighted by Crippen LogP contribution is 2.28. The number of hydrogen-bond acceptors (Lipinski definition) is 5. The molecule has 3 aromatic rings. The molecule has 1 aliphatic rings. The van der Waals surface area contributed by atoms with Gasteiger partial charge in [-0.2, -0.15) is 0 Å². The summed E-state index contributed by atoms with van der Waals surface area (Å²) < 4.78 is 6.25. The van der Waals surface area contributed by atoms with E-state index in [0.29, 0.717) is 22.3 Å². The molecule has 8 heteroatoms. The van der Waals surface area contributed by atoms with Gasteiger partial charge in [-0.15, -0.1) is 0 Å². The van der Waals surface area contributed by atoms with E-state index < -0.39 is 11.8 Å². The second-order valence-corrected chi connectivity index (χ2v) is 6.52. The second kappa shape index (κ2) is 7.15. The Labute approximate surface area is 160 Å². The molecule has 0 aliphatic carbocycles. The van der Waals surface area contributed by atoms with Crippen LogP contribution >= 0.6 is 0 Å². The minimum atomic E-state index is -0.572. The molecule has 142 valence electrons. The number of rotatable bonds is 4. The van der Waals surface area contributed by atoms with Crippen molar-refractivity contribution >= 4 is 28.4 Å². The number of nitrogens with zero attached hydrogens (tertiary/aromatic N) is 3. The summed E-state index contributed by atoms with van der Waals surface area (Å²) >= 11 is 0. The first-order valence-corrected chi connectivity index (χ1v) is 8.78. The van der Waals surface area contributed by atoms with Crippen LogP contribution in [0.2, 0.25) is 0 Å². The Morgan fingerprint density at radius 3 is 2.82 bits per heavy atom. The molecular weight excluding hydrogens is 360 g/mol. The monoisotopic (exact) mass is 378 g/mol. The summed E-state index contributed by atoms with van der Waals surface area (Å²) in [5, 5.41) is 0.408. The highest BCUT2D eigenvalue weighted by molar-refractivity contribution is 6.02. The second-order valence-electron chi connectivity index (χ2n) is 6.52. The number of amides is 2. The number of benzene rings is 2. The first-order chi connectivity index (χ1) is 13.6. The fourth-order valence-corrected chi connectivity index (χ4v) is 3.27. The van der Waals surface area contributed by atoms with Gasteiger partial charge in [-0.1, -0.05) is 18.2 Å². The fraction of sp³-hybridized carbons (Fsp3) is 0.200. The van der Waals surface area contributed by atoms with Crippen LogP contribution in [0.5, 0.6) is 5.75 Å². The van der Waals surface area contributed by atoms with E-state index in [9.17, 15) is 14.4 Å². The van der Waals surface area contributed by atoms with E-state index in [1.807, 2.05) is 0 Å². The molecule has 0 radical (unpaired) electrons. The topological polar surface area (TPSA) is 93.5 Å². The van der Waals surface area contributed by atoms with E-state index in [1.165, 1.54) is 6.33 Å². The predicted molar refractivity (Wildman–Crippen MR) is 104 cm³/mol. The van der Waals surface area contributed by atoms with Gasteiger partial charge in [0.15, 0.2) is 0 Å². The van der Waals surface area contributed by atoms with Gasteiger partial charge in [-0.3, -0.25) is 19.8 Å². The van der Waals surface area contributed by atoms with Crippen LogP contribution in [0.3, 0.4) is 0 Å². The van der Waals surface area contributed by atoms with Crippen molar-refractivity contribution in [2.75, 3.05) is 24.0 Å². The van der Waals surface area contributed by atoms with Crippen LogP contribution in [-0.2, 0) is 9.59 Å². The van der Waals surface area contributed by atoms with E-state index in [0.717, 1.165) is 4.68 Å². The summed E-state index contributed by atoms with van der Waals surface area (Å²) in [5.74, 6) is -0.501. The van der Waals surface area contributed by atoms with Gasteiger partial charge in [-0.05, 0) is 24.3 Å². The average Bonchev–Trinajstić information content (AvgIpc) is 3.12. The molecule has 2 aromatic carbocycles. The van der Waals surface area contributed by atoms with E-state index in [1.54, 1.807) is 60.5 Å². The summed E-state index contributed by atoms with van der Waals surface area (Å²) in [6.45, 7) is 0.230. The molecule has 1 aliphatic heterocycles. The highest BCUT2D eigenvalue weighted by atomic mass is 16.5. The maximum atomic E-state index is 12.6. The predicted octanol–water partition coefficient (Wildman–Crippen LogP) is 1.53. The van der Waals surface area contributed by atoms with Crippen molar-refractivity contribution in [1.82, 2.24) is 9.66 Å². The number of nitrogens with one attached hydrogen (secondary N) is 1. The third-order valence-electron chi connectivity index (χ3n) is 4.76. The Kier molecular flexibility index (Phi) is 4.52. The van der Waals surface area contributed by atoms with Crippen molar-refractivity contribution in [3.63, 3.8) is 0 Å². The molecule has 1 N–H and O–H groups in total. The highest BCUT2D eigenvalue weighted by Gasteiger charge is 2.35. The number of aromatic nitrogens is 2. The van der Waals surface area contributed by atoms with Crippen LogP contribution in [0.1, 0.15) is 6.42 Å². The number of carbonyl (C=O) groups excluding carboxylic acids is 2. The number of carbonyl (C=O) groups is 2. The molecule has 28 heavy (non-hydrogen) atoms. The standard InChI is InChI=1S/C20H18N4O4/c1-28-15-6-4-5-14(10-15)23-11-13(9-18(23)25)19(26)22-24-12-21-17-8-3-2-7-16(17)20(24)27/h2-8,10,12-13H,9,11H2,1H3,(H,22,26). The van der Waals surface area contributed by atoms with Crippen LogP contribution in [0.15, 0.2) is 59.7 Å². The molecule has 0 spiro atoms. The largest absolute Gasteiger partial charge is 0.497 e. The van der Waals surface area contributed by atoms with Gasteiger partial charge in [0.05, 0.1) is 23.9 Å². The van der Waals surface area contributed by atoms with E-state index in [2.05, 4.69) is 10.4 Å². The zero-order valence-electron chi connectivity index (χ0n) is 15.2. The van der Waals surface area contributed by atoms with Gasteiger partial charge >= 0.3 is 0 Å². The van der Waals surface area contributed by atoms with Crippen LogP contribution in [0, 0.1) is 5.92 Å². The van der Waals surface area contributed by atoms with Gasteiger partial charge in [-0.25, -0.2) is 9.66 Å². The molecule has 0 bridgehead atoms. The van der Waals surface area contributed by atoms with Crippen molar-refractivity contribution in [1.29, 1.82) is 0 Å². The molecular formula is C20H18N4O4. The Morgan fingerprint density at radius 2 is 2.00 bits per heavy atom. The zero-order chi connectivity index (χ0) is 19.7. The maximum absolute atomic E-state index is 12.6. The lowest BCUT2D eigenvalue weighted by atomic mass is 10.1. The fourth-order valence-electron chi connectivity index (χ4n) is 3.27. The van der Waals surface area contributed by atoms with Gasteiger partial charge in [0.2, 0.25) is 11.8 Å². The normalized spacial score (nSPS) is 16.4. The molecule has 4 rings (SSSR count). The van der Waals surface area contributed by atoms with Crippen molar-refractivity contribution in [2.45, 2.75) is 6.42 Å². The number of methoxy groups -OCH3 is 1. The third kappa shape index (κ3) is 3.20. The smallest absolute Gasteiger partial charge is 0.280 e. The number of hydrogen-bond donors (Lipinski definition) is 1. The van der Waals surface area contributed by atoms with Gasteiger partial charge in [0, 0.05) is 24.7 Å². The van der Waals surface area contributed by atoms with E-state index >= 15 is 0 Å². The average molecular weight is 378 g/mol. The van der Waals surface area contributed by atoms with Crippen LogP contribution in [0.25, 0.3) is 10.9 Å². The van der Waals surface area contributed by atoms with Crippen molar-refractivity contribution in [3.05, 3.63) is 65.2 Å². The van der Waals surface area contributed by atoms with Crippen LogP contribution < -0.4 is 20.6 Å². The van der Waals surface area contributed by atoms with Crippen molar-refractivity contribution in [3.8, 4) is 5.75 Å². The Bertz CT molecular complexity index is 1120. The summed E-state index contributed by atoms with van der Waals surface area (Å²) in [5.41, 5.74) is 3.42. The van der Waals surface area contributed by atoms with Crippen molar-refractivity contribution < 1.29 is 14.3 Å². The van der Waals surface area contributed by atoms with Gasteiger partial charge < -0.3 is 9.64 Å². The number of para-hydroxylation sites is 1.